The first-order valence-electron chi connectivity index (χ1n) is 8.33. The molecule has 0 radical (unpaired) electrons. The number of rotatable bonds is 2. The first kappa shape index (κ1) is 17.8. The Labute approximate surface area is 139 Å². The highest BCUT2D eigenvalue weighted by Gasteiger charge is 2.39. The first-order chi connectivity index (χ1) is 10.5. The van der Waals surface area contributed by atoms with Gasteiger partial charge in [0, 0.05) is 31.9 Å². The SMILES string of the molecule is CC(C)c1nn(C)cc1C1(N)CCCN(C(=O)OC(C)(C)C)C1. The molecule has 130 valence electrons. The summed E-state index contributed by atoms with van der Waals surface area (Å²) in [6.07, 6.45) is 3.41. The van der Waals surface area contributed by atoms with Gasteiger partial charge in [-0.3, -0.25) is 4.68 Å². The van der Waals surface area contributed by atoms with Crippen molar-refractivity contribution in [3.05, 3.63) is 17.5 Å². The van der Waals surface area contributed by atoms with Gasteiger partial charge in [0.25, 0.3) is 0 Å². The number of aryl methyl sites for hydroxylation is 1. The highest BCUT2D eigenvalue weighted by Crippen LogP contribution is 2.34. The molecule has 1 fully saturated rings. The zero-order valence-corrected chi connectivity index (χ0v) is 15.2. The van der Waals surface area contributed by atoms with E-state index in [2.05, 4.69) is 18.9 Å². The molecule has 6 nitrogen and oxygen atoms in total. The van der Waals surface area contributed by atoms with Crippen LogP contribution >= 0.6 is 0 Å². The van der Waals surface area contributed by atoms with Crippen LogP contribution in [0, 0.1) is 0 Å². The summed E-state index contributed by atoms with van der Waals surface area (Å²) in [5.74, 6) is 0.295. The average Bonchev–Trinajstić information content (AvgIpc) is 2.80. The van der Waals surface area contributed by atoms with Gasteiger partial charge in [-0.05, 0) is 39.5 Å². The van der Waals surface area contributed by atoms with Crippen molar-refractivity contribution in [2.75, 3.05) is 13.1 Å². The van der Waals surface area contributed by atoms with E-state index in [1.807, 2.05) is 38.7 Å². The van der Waals surface area contributed by atoms with E-state index in [1.54, 1.807) is 4.90 Å². The summed E-state index contributed by atoms with van der Waals surface area (Å²) in [5.41, 5.74) is 7.72. The minimum absolute atomic E-state index is 0.290. The number of carbonyl (C=O) groups excluding carboxylic acids is 1. The number of amides is 1. The molecule has 1 amide bonds. The van der Waals surface area contributed by atoms with Gasteiger partial charge in [-0.25, -0.2) is 4.79 Å². The Balaban J connectivity index is 2.24. The summed E-state index contributed by atoms with van der Waals surface area (Å²) in [7, 11) is 1.91. The fourth-order valence-electron chi connectivity index (χ4n) is 3.10. The van der Waals surface area contributed by atoms with Crippen LogP contribution in [0.2, 0.25) is 0 Å². The molecule has 1 aliphatic heterocycles. The molecule has 1 saturated heterocycles. The second-order valence-corrected chi connectivity index (χ2v) is 7.92. The predicted octanol–water partition coefficient (Wildman–Crippen LogP) is 2.73. The van der Waals surface area contributed by atoms with Crippen LogP contribution < -0.4 is 5.73 Å². The van der Waals surface area contributed by atoms with Crippen LogP contribution in [-0.4, -0.2) is 39.5 Å². The molecule has 2 N–H and O–H groups in total. The van der Waals surface area contributed by atoms with E-state index in [0.717, 1.165) is 24.1 Å². The number of likely N-dealkylation sites (tertiary alicyclic amines) is 1. The highest BCUT2D eigenvalue weighted by molar-refractivity contribution is 5.68. The maximum atomic E-state index is 12.4. The first-order valence-corrected chi connectivity index (χ1v) is 8.33. The van der Waals surface area contributed by atoms with Gasteiger partial charge in [-0.1, -0.05) is 13.8 Å². The van der Waals surface area contributed by atoms with Gasteiger partial charge < -0.3 is 15.4 Å². The number of nitrogens with zero attached hydrogens (tertiary/aromatic N) is 3. The molecule has 0 spiro atoms. The Morgan fingerprint density at radius 3 is 2.65 bits per heavy atom. The quantitative estimate of drug-likeness (QED) is 0.908. The molecule has 2 rings (SSSR count). The van der Waals surface area contributed by atoms with Crippen molar-refractivity contribution >= 4 is 6.09 Å². The maximum absolute atomic E-state index is 12.4. The lowest BCUT2D eigenvalue weighted by Gasteiger charge is -2.40. The average molecular weight is 322 g/mol. The molecule has 1 aliphatic rings. The molecule has 0 saturated carbocycles. The molecule has 1 aromatic rings. The molecule has 2 heterocycles. The molecule has 23 heavy (non-hydrogen) atoms. The number of piperidine rings is 1. The van der Waals surface area contributed by atoms with Gasteiger partial charge in [-0.15, -0.1) is 0 Å². The van der Waals surface area contributed by atoms with E-state index >= 15 is 0 Å². The molecule has 1 atom stereocenters. The summed E-state index contributed by atoms with van der Waals surface area (Å²) < 4.78 is 7.31. The number of carbonyl (C=O) groups is 1. The number of nitrogens with two attached hydrogens (primary N) is 1. The molecular formula is C17H30N4O2. The summed E-state index contributed by atoms with van der Waals surface area (Å²) in [4.78, 5) is 14.1. The van der Waals surface area contributed by atoms with Gasteiger partial charge in [0.15, 0.2) is 0 Å². The van der Waals surface area contributed by atoms with E-state index in [4.69, 9.17) is 10.5 Å². The summed E-state index contributed by atoms with van der Waals surface area (Å²) >= 11 is 0. The Morgan fingerprint density at radius 1 is 1.43 bits per heavy atom. The minimum atomic E-state index is -0.566. The third-order valence-electron chi connectivity index (χ3n) is 4.12. The molecule has 1 aromatic heterocycles. The van der Waals surface area contributed by atoms with Crippen LogP contribution in [0.3, 0.4) is 0 Å². The number of ether oxygens (including phenoxy) is 1. The van der Waals surface area contributed by atoms with Crippen molar-refractivity contribution in [2.45, 2.75) is 64.5 Å². The van der Waals surface area contributed by atoms with Crippen molar-refractivity contribution in [2.24, 2.45) is 12.8 Å². The van der Waals surface area contributed by atoms with Crippen molar-refractivity contribution in [1.29, 1.82) is 0 Å². The van der Waals surface area contributed by atoms with E-state index in [0.29, 0.717) is 19.0 Å². The van der Waals surface area contributed by atoms with Crippen molar-refractivity contribution in [3.8, 4) is 0 Å². The molecule has 0 bridgehead atoms. The topological polar surface area (TPSA) is 73.4 Å². The molecule has 6 heteroatoms. The largest absolute Gasteiger partial charge is 0.444 e. The van der Waals surface area contributed by atoms with Crippen molar-refractivity contribution in [1.82, 2.24) is 14.7 Å². The van der Waals surface area contributed by atoms with Gasteiger partial charge in [0.05, 0.1) is 11.2 Å². The minimum Gasteiger partial charge on any atom is -0.444 e. The lowest BCUT2D eigenvalue weighted by Crippen LogP contribution is -2.54. The van der Waals surface area contributed by atoms with Crippen molar-refractivity contribution < 1.29 is 9.53 Å². The van der Waals surface area contributed by atoms with E-state index in [9.17, 15) is 4.79 Å². The highest BCUT2D eigenvalue weighted by atomic mass is 16.6. The Hall–Kier alpha value is -1.56. The zero-order chi connectivity index (χ0) is 17.4. The number of hydrogen-bond acceptors (Lipinski definition) is 4. The molecule has 0 aliphatic carbocycles. The smallest absolute Gasteiger partial charge is 0.410 e. The van der Waals surface area contributed by atoms with Gasteiger partial charge in [0.2, 0.25) is 0 Å². The molecule has 0 aromatic carbocycles. The van der Waals surface area contributed by atoms with Crippen LogP contribution in [0.4, 0.5) is 4.79 Å². The third-order valence-corrected chi connectivity index (χ3v) is 4.12. The van der Waals surface area contributed by atoms with Crippen LogP contribution in [0.25, 0.3) is 0 Å². The maximum Gasteiger partial charge on any atom is 0.410 e. The lowest BCUT2D eigenvalue weighted by molar-refractivity contribution is 0.0136. The van der Waals surface area contributed by atoms with Crippen LogP contribution in [-0.2, 0) is 17.3 Å². The normalized spacial score (nSPS) is 22.5. The van der Waals surface area contributed by atoms with Gasteiger partial charge >= 0.3 is 6.09 Å². The van der Waals surface area contributed by atoms with E-state index in [-0.39, 0.29) is 6.09 Å². The molecule has 1 unspecified atom stereocenters. The Kier molecular flexibility index (Phi) is 4.76. The Bertz CT molecular complexity index is 574. The standard InChI is InChI=1S/C17H30N4O2/c1-12(2)14-13(10-20(6)19-14)17(18)8-7-9-21(11-17)15(22)23-16(3,4)5/h10,12H,7-9,11,18H2,1-6H3. The summed E-state index contributed by atoms with van der Waals surface area (Å²) in [5, 5.41) is 4.56. The van der Waals surface area contributed by atoms with Crippen molar-refractivity contribution in [3.63, 3.8) is 0 Å². The fraction of sp³-hybridized carbons (Fsp3) is 0.765. The predicted molar refractivity (Wildman–Crippen MR) is 90.2 cm³/mol. The van der Waals surface area contributed by atoms with Crippen LogP contribution in [0.1, 0.15) is 64.6 Å². The second-order valence-electron chi connectivity index (χ2n) is 7.92. The monoisotopic (exact) mass is 322 g/mol. The number of hydrogen-bond donors (Lipinski definition) is 1. The third kappa shape index (κ3) is 4.05. The van der Waals surface area contributed by atoms with Crippen LogP contribution in [0.15, 0.2) is 6.20 Å². The number of aromatic nitrogens is 2. The summed E-state index contributed by atoms with van der Waals surface area (Å²) in [6, 6.07) is 0. The molecular weight excluding hydrogens is 292 g/mol. The van der Waals surface area contributed by atoms with E-state index in [1.165, 1.54) is 0 Å². The zero-order valence-electron chi connectivity index (χ0n) is 15.2. The fourth-order valence-corrected chi connectivity index (χ4v) is 3.10. The van der Waals surface area contributed by atoms with Crippen LogP contribution in [0.5, 0.6) is 0 Å². The van der Waals surface area contributed by atoms with Gasteiger partial charge in [0.1, 0.15) is 5.60 Å². The van der Waals surface area contributed by atoms with E-state index < -0.39 is 11.1 Å². The van der Waals surface area contributed by atoms with Gasteiger partial charge in [-0.2, -0.15) is 5.10 Å². The summed E-state index contributed by atoms with van der Waals surface area (Å²) in [6.45, 7) is 11.0. The lowest BCUT2D eigenvalue weighted by atomic mass is 9.82. The Morgan fingerprint density at radius 2 is 2.09 bits per heavy atom. The second kappa shape index (κ2) is 6.15.